The van der Waals surface area contributed by atoms with E-state index in [9.17, 15) is 0 Å². The summed E-state index contributed by atoms with van der Waals surface area (Å²) in [4.78, 5) is 0. The highest BCUT2D eigenvalue weighted by Gasteiger charge is 1.96. The van der Waals surface area contributed by atoms with Crippen molar-refractivity contribution in [3.8, 4) is 0 Å². The lowest BCUT2D eigenvalue weighted by molar-refractivity contribution is 0.183. The summed E-state index contributed by atoms with van der Waals surface area (Å²) >= 11 is 0. The molecule has 0 amide bonds. The Morgan fingerprint density at radius 3 is 3.14 bits per heavy atom. The maximum atomic E-state index is 4.97. The Kier molecular flexibility index (Phi) is 5.07. The van der Waals surface area contributed by atoms with Crippen LogP contribution in [0.2, 0.25) is 0 Å². The quantitative estimate of drug-likeness (QED) is 0.677. The van der Waals surface area contributed by atoms with Gasteiger partial charge in [-0.05, 0) is 6.42 Å². The maximum Gasteiger partial charge on any atom is 0.147 e. The number of hydrogen-bond donors (Lipinski definition) is 1. The molecule has 0 aliphatic carbocycles. The smallest absolute Gasteiger partial charge is 0.147 e. The number of methoxy groups -OCH3 is 1. The van der Waals surface area contributed by atoms with Crippen molar-refractivity contribution in [2.75, 3.05) is 25.6 Å². The van der Waals surface area contributed by atoms with Gasteiger partial charge in [0.25, 0.3) is 0 Å². The number of hydrogen-bond acceptors (Lipinski definition) is 3. The minimum Gasteiger partial charge on any atom is -0.383 e. The second-order valence-electron chi connectivity index (χ2n) is 3.24. The molecule has 1 aromatic rings. The first kappa shape index (κ1) is 11.0. The largest absolute Gasteiger partial charge is 0.383 e. The van der Waals surface area contributed by atoms with Crippen molar-refractivity contribution in [2.24, 2.45) is 0 Å². The van der Waals surface area contributed by atoms with Gasteiger partial charge in [0.2, 0.25) is 0 Å². The van der Waals surface area contributed by atoms with Crippen molar-refractivity contribution >= 4 is 5.82 Å². The van der Waals surface area contributed by atoms with Gasteiger partial charge >= 0.3 is 0 Å². The number of nitrogens with one attached hydrogen (secondary N) is 1. The van der Waals surface area contributed by atoms with Crippen LogP contribution in [0.4, 0.5) is 5.82 Å². The fourth-order valence-corrected chi connectivity index (χ4v) is 1.16. The van der Waals surface area contributed by atoms with Crippen molar-refractivity contribution in [3.63, 3.8) is 0 Å². The van der Waals surface area contributed by atoms with Gasteiger partial charge in [-0.3, -0.25) is 4.68 Å². The van der Waals surface area contributed by atoms with Gasteiger partial charge in [0, 0.05) is 25.9 Å². The van der Waals surface area contributed by atoms with E-state index in [2.05, 4.69) is 17.3 Å². The summed E-state index contributed by atoms with van der Waals surface area (Å²) < 4.78 is 6.86. The monoisotopic (exact) mass is 197 g/mol. The van der Waals surface area contributed by atoms with Crippen molar-refractivity contribution in [2.45, 2.75) is 26.3 Å². The van der Waals surface area contributed by atoms with E-state index >= 15 is 0 Å². The standard InChI is InChI=1S/C10H19N3O/c1-3-4-6-11-10-5-7-13(12-10)8-9-14-2/h5,7H,3-4,6,8-9H2,1-2H3,(H,11,12). The first-order valence-electron chi connectivity index (χ1n) is 5.13. The highest BCUT2D eigenvalue weighted by atomic mass is 16.5. The van der Waals surface area contributed by atoms with E-state index in [4.69, 9.17) is 4.74 Å². The lowest BCUT2D eigenvalue weighted by Gasteiger charge is -2.01. The summed E-state index contributed by atoms with van der Waals surface area (Å²) in [6.45, 7) is 4.69. The van der Waals surface area contributed by atoms with E-state index < -0.39 is 0 Å². The molecule has 0 unspecified atom stereocenters. The Morgan fingerprint density at radius 1 is 1.57 bits per heavy atom. The van der Waals surface area contributed by atoms with Crippen LogP contribution in [-0.4, -0.2) is 30.0 Å². The summed E-state index contributed by atoms with van der Waals surface area (Å²) in [5.74, 6) is 0.953. The summed E-state index contributed by atoms with van der Waals surface area (Å²) in [6, 6.07) is 1.99. The Bertz CT molecular complexity index is 247. The molecule has 0 radical (unpaired) electrons. The zero-order valence-corrected chi connectivity index (χ0v) is 8.99. The van der Waals surface area contributed by atoms with Crippen LogP contribution in [0.5, 0.6) is 0 Å². The minimum atomic E-state index is 0.704. The predicted octanol–water partition coefficient (Wildman–Crippen LogP) is 1.74. The third-order valence-corrected chi connectivity index (χ3v) is 2.00. The zero-order valence-electron chi connectivity index (χ0n) is 8.99. The lowest BCUT2D eigenvalue weighted by Crippen LogP contribution is -2.06. The van der Waals surface area contributed by atoms with Gasteiger partial charge in [0.15, 0.2) is 0 Å². The van der Waals surface area contributed by atoms with E-state index in [1.54, 1.807) is 7.11 Å². The van der Waals surface area contributed by atoms with E-state index in [0.717, 1.165) is 18.9 Å². The molecular weight excluding hydrogens is 178 g/mol. The second-order valence-corrected chi connectivity index (χ2v) is 3.24. The van der Waals surface area contributed by atoms with Gasteiger partial charge in [0.05, 0.1) is 13.2 Å². The molecule has 0 atom stereocenters. The van der Waals surface area contributed by atoms with E-state index in [-0.39, 0.29) is 0 Å². The van der Waals surface area contributed by atoms with E-state index in [1.807, 2.05) is 16.9 Å². The van der Waals surface area contributed by atoms with Crippen molar-refractivity contribution in [1.82, 2.24) is 9.78 Å². The summed E-state index contributed by atoms with van der Waals surface area (Å²) in [6.07, 6.45) is 4.36. The molecule has 0 aromatic carbocycles. The molecule has 4 nitrogen and oxygen atoms in total. The predicted molar refractivity (Wildman–Crippen MR) is 57.5 cm³/mol. The molecule has 0 fully saturated rings. The molecular formula is C10H19N3O. The Morgan fingerprint density at radius 2 is 2.43 bits per heavy atom. The summed E-state index contributed by atoms with van der Waals surface area (Å²) in [7, 11) is 1.70. The van der Waals surface area contributed by atoms with Crippen LogP contribution in [0.15, 0.2) is 12.3 Å². The van der Waals surface area contributed by atoms with Gasteiger partial charge in [-0.1, -0.05) is 13.3 Å². The van der Waals surface area contributed by atoms with Crippen molar-refractivity contribution in [1.29, 1.82) is 0 Å². The summed E-state index contributed by atoms with van der Waals surface area (Å²) in [5.41, 5.74) is 0. The molecule has 14 heavy (non-hydrogen) atoms. The Hall–Kier alpha value is -1.03. The van der Waals surface area contributed by atoms with E-state index in [0.29, 0.717) is 6.61 Å². The molecule has 1 heterocycles. The number of ether oxygens (including phenoxy) is 1. The highest BCUT2D eigenvalue weighted by molar-refractivity contribution is 5.31. The average Bonchev–Trinajstić information content (AvgIpc) is 2.63. The first-order chi connectivity index (χ1) is 6.86. The Balaban J connectivity index is 2.27. The fraction of sp³-hybridized carbons (Fsp3) is 0.700. The third kappa shape index (κ3) is 3.79. The van der Waals surface area contributed by atoms with Crippen LogP contribution in [0.3, 0.4) is 0 Å². The second kappa shape index (κ2) is 6.43. The molecule has 0 bridgehead atoms. The average molecular weight is 197 g/mol. The van der Waals surface area contributed by atoms with Gasteiger partial charge in [-0.2, -0.15) is 5.10 Å². The topological polar surface area (TPSA) is 39.1 Å². The van der Waals surface area contributed by atoms with Crippen LogP contribution in [-0.2, 0) is 11.3 Å². The van der Waals surface area contributed by atoms with Crippen LogP contribution in [0, 0.1) is 0 Å². The SMILES string of the molecule is CCCCNc1ccn(CCOC)n1. The number of rotatable bonds is 7. The van der Waals surface area contributed by atoms with Gasteiger partial charge < -0.3 is 10.1 Å². The molecule has 0 saturated carbocycles. The number of anilines is 1. The molecule has 4 heteroatoms. The first-order valence-corrected chi connectivity index (χ1v) is 5.13. The van der Waals surface area contributed by atoms with Crippen LogP contribution < -0.4 is 5.32 Å². The fourth-order valence-electron chi connectivity index (χ4n) is 1.16. The van der Waals surface area contributed by atoms with Crippen molar-refractivity contribution in [3.05, 3.63) is 12.3 Å². The zero-order chi connectivity index (χ0) is 10.2. The van der Waals surface area contributed by atoms with Gasteiger partial charge in [-0.25, -0.2) is 0 Å². The van der Waals surface area contributed by atoms with Crippen molar-refractivity contribution < 1.29 is 4.74 Å². The van der Waals surface area contributed by atoms with E-state index in [1.165, 1.54) is 12.8 Å². The number of aromatic nitrogens is 2. The number of unbranched alkanes of at least 4 members (excludes halogenated alkanes) is 1. The van der Waals surface area contributed by atoms with Crippen LogP contribution in [0.25, 0.3) is 0 Å². The molecule has 0 aliphatic heterocycles. The summed E-state index contributed by atoms with van der Waals surface area (Å²) in [5, 5.41) is 7.61. The molecule has 0 spiro atoms. The van der Waals surface area contributed by atoms with Gasteiger partial charge in [0.1, 0.15) is 5.82 Å². The molecule has 1 aromatic heterocycles. The van der Waals surface area contributed by atoms with Crippen LogP contribution in [0.1, 0.15) is 19.8 Å². The molecule has 0 saturated heterocycles. The Labute approximate surface area is 85.3 Å². The maximum absolute atomic E-state index is 4.97. The molecule has 1 rings (SSSR count). The normalized spacial score (nSPS) is 10.4. The highest BCUT2D eigenvalue weighted by Crippen LogP contribution is 2.02. The molecule has 0 aliphatic rings. The molecule has 80 valence electrons. The number of nitrogens with zero attached hydrogens (tertiary/aromatic N) is 2. The van der Waals surface area contributed by atoms with Gasteiger partial charge in [-0.15, -0.1) is 0 Å². The lowest BCUT2D eigenvalue weighted by atomic mass is 10.3. The third-order valence-electron chi connectivity index (χ3n) is 2.00. The van der Waals surface area contributed by atoms with Crippen LogP contribution >= 0.6 is 0 Å². The molecule has 1 N–H and O–H groups in total. The minimum absolute atomic E-state index is 0.704.